The Morgan fingerprint density at radius 1 is 0.468 bits per heavy atom. The molecule has 13 rings (SSSR count). The van der Waals surface area contributed by atoms with Crippen LogP contribution in [0.4, 0.5) is 0 Å². The van der Waals surface area contributed by atoms with Crippen molar-refractivity contribution in [2.75, 3.05) is 0 Å². The Morgan fingerprint density at radius 3 is 1.98 bits per heavy atom. The lowest BCUT2D eigenvalue weighted by Gasteiger charge is -2.20. The Bertz CT molecular complexity index is 3920. The normalized spacial score (nSPS) is 15.8. The minimum Gasteiger partial charge on any atom is -0.456 e. The van der Waals surface area contributed by atoms with Gasteiger partial charge in [0.25, 0.3) is 0 Å². The summed E-state index contributed by atoms with van der Waals surface area (Å²) in [5.74, 6) is 0.636. The van der Waals surface area contributed by atoms with Crippen LogP contribution >= 0.6 is 0 Å². The lowest BCUT2D eigenvalue weighted by Crippen LogP contribution is -2.18. The van der Waals surface area contributed by atoms with Crippen LogP contribution < -0.4 is 0 Å². The number of allylic oxidation sites excluding steroid dienone is 1. The van der Waals surface area contributed by atoms with Gasteiger partial charge in [-0.3, -0.25) is 0 Å². The molecule has 0 bridgehead atoms. The zero-order valence-corrected chi connectivity index (χ0v) is 33.8. The lowest BCUT2D eigenvalue weighted by molar-refractivity contribution is 0.668. The molecule has 4 heterocycles. The number of hydrogen-bond donors (Lipinski definition) is 0. The van der Waals surface area contributed by atoms with E-state index in [0.29, 0.717) is 5.84 Å². The van der Waals surface area contributed by atoms with Crippen LogP contribution in [0.1, 0.15) is 30.0 Å². The van der Waals surface area contributed by atoms with Crippen LogP contribution in [0.3, 0.4) is 0 Å². The van der Waals surface area contributed by atoms with E-state index in [1.54, 1.807) is 0 Å². The lowest BCUT2D eigenvalue weighted by atomic mass is 9.90. The molecule has 5 nitrogen and oxygen atoms in total. The molecule has 1 aliphatic heterocycles. The van der Waals surface area contributed by atoms with Gasteiger partial charge >= 0.3 is 0 Å². The van der Waals surface area contributed by atoms with Crippen molar-refractivity contribution in [1.82, 2.24) is 4.57 Å². The largest absolute Gasteiger partial charge is 0.456 e. The van der Waals surface area contributed by atoms with Crippen molar-refractivity contribution in [3.05, 3.63) is 205 Å². The Balaban J connectivity index is 1.09. The minimum atomic E-state index is 0.00890. The number of furan rings is 2. The van der Waals surface area contributed by atoms with Crippen LogP contribution in [0.25, 0.3) is 98.6 Å². The Kier molecular flexibility index (Phi) is 7.58. The van der Waals surface area contributed by atoms with Crippen LogP contribution in [0, 0.1) is 5.92 Å². The highest BCUT2D eigenvalue weighted by Crippen LogP contribution is 2.41. The van der Waals surface area contributed by atoms with Crippen molar-refractivity contribution in [2.45, 2.75) is 13.3 Å². The van der Waals surface area contributed by atoms with E-state index in [4.69, 9.17) is 18.8 Å². The zero-order valence-electron chi connectivity index (χ0n) is 33.8. The first-order valence-electron chi connectivity index (χ1n) is 21.3. The van der Waals surface area contributed by atoms with E-state index in [0.717, 1.165) is 101 Å². The molecular weight excluding hydrogens is 759 g/mol. The molecule has 0 saturated carbocycles. The van der Waals surface area contributed by atoms with Crippen molar-refractivity contribution in [3.63, 3.8) is 0 Å². The molecule has 1 atom stereocenters. The predicted octanol–water partition coefficient (Wildman–Crippen LogP) is 15.2. The van der Waals surface area contributed by atoms with Gasteiger partial charge in [-0.25, -0.2) is 9.98 Å². The number of nitrogens with zero attached hydrogens (tertiary/aromatic N) is 3. The van der Waals surface area contributed by atoms with Crippen LogP contribution in [-0.4, -0.2) is 16.1 Å². The van der Waals surface area contributed by atoms with Crippen molar-refractivity contribution >= 4 is 104 Å². The summed E-state index contributed by atoms with van der Waals surface area (Å²) in [6, 6.07) is 64.4. The van der Waals surface area contributed by atoms with Gasteiger partial charge in [0.2, 0.25) is 0 Å². The standard InChI is InChI=1S/C57H37N3O2/c1-34-25-28-48(41-21-12-16-35-13-4-5-17-40(35)41)58-57(38-26-27-44-43-19-7-10-23-51(43)61-53(44)31-38)59-56(34)47-32-39(33-54-55(47)45-20-8-11-24-52(45)62-54)60-49-22-9-6-18-42(49)46-29-36-14-2-3-15-37(36)30-50(46)60/h2-24,26-34H,25H2,1H3/b48-28+,58-57?,59-56?. The smallest absolute Gasteiger partial charge is 0.160 e. The third-order valence-electron chi connectivity index (χ3n) is 12.8. The summed E-state index contributed by atoms with van der Waals surface area (Å²) in [4.78, 5) is 11.3. The first-order valence-corrected chi connectivity index (χ1v) is 21.3. The summed E-state index contributed by atoms with van der Waals surface area (Å²) in [7, 11) is 0. The molecule has 0 amide bonds. The van der Waals surface area contributed by atoms with E-state index in [1.807, 2.05) is 18.2 Å². The van der Waals surface area contributed by atoms with Gasteiger partial charge in [-0.05, 0) is 76.5 Å². The first-order chi connectivity index (χ1) is 30.6. The number of aromatic nitrogens is 1. The molecule has 0 spiro atoms. The molecule has 62 heavy (non-hydrogen) atoms. The van der Waals surface area contributed by atoms with Crippen LogP contribution in [0.2, 0.25) is 0 Å². The molecule has 0 saturated heterocycles. The number of fused-ring (bicyclic) bond motifs is 11. The Labute approximate surface area is 356 Å². The highest BCUT2D eigenvalue weighted by molar-refractivity contribution is 6.24. The minimum absolute atomic E-state index is 0.00890. The molecule has 0 aliphatic carbocycles. The van der Waals surface area contributed by atoms with Crippen LogP contribution in [-0.2, 0) is 0 Å². The molecule has 292 valence electrons. The summed E-state index contributed by atoms with van der Waals surface area (Å²) < 4.78 is 15.6. The SMILES string of the molecule is CC1C/C=C(\c2cccc3ccccc23)N=C(c2ccc3c(c2)oc2ccccc23)N=C1c1cc(-n2c3ccccc3c3cc4ccccc4cc32)cc2oc3ccccc3c12. The number of aliphatic imine (C=N–C) groups is 2. The van der Waals surface area contributed by atoms with Gasteiger partial charge in [0, 0.05) is 61.0 Å². The van der Waals surface area contributed by atoms with E-state index >= 15 is 0 Å². The van der Waals surface area contributed by atoms with Crippen molar-refractivity contribution in [1.29, 1.82) is 0 Å². The molecule has 12 aromatic rings. The topological polar surface area (TPSA) is 55.9 Å². The van der Waals surface area contributed by atoms with Crippen molar-refractivity contribution < 1.29 is 8.83 Å². The van der Waals surface area contributed by atoms with E-state index in [9.17, 15) is 0 Å². The van der Waals surface area contributed by atoms with Gasteiger partial charge < -0.3 is 13.4 Å². The van der Waals surface area contributed by atoms with Crippen molar-refractivity contribution in [2.24, 2.45) is 15.9 Å². The molecule has 0 fully saturated rings. The molecule has 5 heteroatoms. The van der Waals surface area contributed by atoms with Gasteiger partial charge in [-0.1, -0.05) is 140 Å². The third kappa shape index (κ3) is 5.35. The second-order valence-electron chi connectivity index (χ2n) is 16.5. The quantitative estimate of drug-likeness (QED) is 0.178. The Hall–Kier alpha value is -8.02. The van der Waals surface area contributed by atoms with Crippen LogP contribution in [0.15, 0.2) is 207 Å². The van der Waals surface area contributed by atoms with Crippen molar-refractivity contribution in [3.8, 4) is 5.69 Å². The van der Waals surface area contributed by atoms with Gasteiger partial charge in [0.1, 0.15) is 22.3 Å². The predicted molar refractivity (Wildman–Crippen MR) is 258 cm³/mol. The van der Waals surface area contributed by atoms with E-state index in [1.165, 1.54) is 26.9 Å². The fourth-order valence-electron chi connectivity index (χ4n) is 9.85. The number of rotatable bonds is 4. The highest BCUT2D eigenvalue weighted by Gasteiger charge is 2.25. The summed E-state index contributed by atoms with van der Waals surface area (Å²) >= 11 is 0. The van der Waals surface area contributed by atoms with E-state index in [2.05, 4.69) is 181 Å². The monoisotopic (exact) mass is 795 g/mol. The number of benzene rings is 9. The molecule has 0 radical (unpaired) electrons. The molecule has 1 unspecified atom stereocenters. The number of para-hydroxylation sites is 3. The molecule has 3 aromatic heterocycles. The summed E-state index contributed by atoms with van der Waals surface area (Å²) in [6.07, 6.45) is 3.03. The number of amidine groups is 1. The van der Waals surface area contributed by atoms with Gasteiger partial charge in [-0.15, -0.1) is 0 Å². The Morgan fingerprint density at radius 2 is 1.13 bits per heavy atom. The molecular formula is C57H37N3O2. The molecule has 9 aromatic carbocycles. The van der Waals surface area contributed by atoms with Gasteiger partial charge in [-0.2, -0.15) is 0 Å². The summed E-state index contributed by atoms with van der Waals surface area (Å²) in [5, 5.41) is 11.4. The van der Waals surface area contributed by atoms with Gasteiger partial charge in [0.15, 0.2) is 5.84 Å². The van der Waals surface area contributed by atoms with E-state index < -0.39 is 0 Å². The maximum Gasteiger partial charge on any atom is 0.160 e. The fraction of sp³-hybridized carbons (Fsp3) is 0.0526. The number of hydrogen-bond acceptors (Lipinski definition) is 4. The summed E-state index contributed by atoms with van der Waals surface area (Å²) in [6.45, 7) is 2.29. The molecule has 0 N–H and O–H groups in total. The maximum absolute atomic E-state index is 6.79. The van der Waals surface area contributed by atoms with Gasteiger partial charge in [0.05, 0.1) is 28.1 Å². The second kappa shape index (κ2) is 13.5. The average molecular weight is 796 g/mol. The second-order valence-corrected chi connectivity index (χ2v) is 16.5. The molecule has 1 aliphatic rings. The average Bonchev–Trinajstić information content (AvgIpc) is 3.98. The first kappa shape index (κ1) is 34.8. The highest BCUT2D eigenvalue weighted by atomic mass is 16.3. The summed E-state index contributed by atoms with van der Waals surface area (Å²) in [5.41, 5.74) is 11.5. The fourth-order valence-corrected chi connectivity index (χ4v) is 9.85. The third-order valence-corrected chi connectivity index (χ3v) is 12.8. The zero-order chi connectivity index (χ0) is 40.9. The van der Waals surface area contributed by atoms with E-state index in [-0.39, 0.29) is 5.92 Å². The maximum atomic E-state index is 6.79. The van der Waals surface area contributed by atoms with Crippen LogP contribution in [0.5, 0.6) is 0 Å².